The van der Waals surface area contributed by atoms with Gasteiger partial charge in [0.05, 0.1) is 0 Å². The number of rotatable bonds is 1. The molecule has 0 saturated heterocycles. The van der Waals surface area contributed by atoms with Gasteiger partial charge in [-0.05, 0) is 13.1 Å². The van der Waals surface area contributed by atoms with E-state index < -0.39 is 5.25 Å². The van der Waals surface area contributed by atoms with Gasteiger partial charge in [0.2, 0.25) is 0 Å². The number of nitrogens with zero attached hydrogens (tertiary/aromatic N) is 1. The average molecular weight is 146 g/mol. The fraction of sp³-hybridized carbons (Fsp3) is 0.400. The highest BCUT2D eigenvalue weighted by molar-refractivity contribution is 6.23. The quantitative estimate of drug-likeness (QED) is 0.410. The lowest BCUT2D eigenvalue weighted by atomic mass is 10.5. The number of halogens is 1. The Bertz CT molecular complexity index is 154. The van der Waals surface area contributed by atoms with Gasteiger partial charge in [-0.1, -0.05) is 11.6 Å². The van der Waals surface area contributed by atoms with Crippen LogP contribution in [0.3, 0.4) is 0 Å². The Morgan fingerprint density at radius 1 is 1.78 bits per heavy atom. The van der Waals surface area contributed by atoms with Crippen LogP contribution in [0.2, 0.25) is 0 Å². The Hall–Kier alpha value is -0.540. The molecule has 0 aromatic heterocycles. The first-order valence-electron chi connectivity index (χ1n) is 2.63. The molecule has 1 aliphatic heterocycles. The molecule has 2 N–H and O–H groups in total. The van der Waals surface area contributed by atoms with Crippen LogP contribution in [0.5, 0.6) is 0 Å². The number of hydrogen-bond acceptors (Lipinski definition) is 3. The van der Waals surface area contributed by atoms with Gasteiger partial charge in [-0.2, -0.15) is 0 Å². The van der Waals surface area contributed by atoms with Crippen LogP contribution < -0.4 is 10.6 Å². The standard InChI is InChI=1S/C5H8ClN3/c1-7-5(6)8-3-2-4-9-5/h2-4,7-8H,1H3. The molecule has 0 bridgehead atoms. The van der Waals surface area contributed by atoms with E-state index in [1.807, 2.05) is 0 Å². The zero-order valence-electron chi connectivity index (χ0n) is 5.06. The Kier molecular flexibility index (Phi) is 1.73. The molecule has 1 aliphatic rings. The maximum atomic E-state index is 5.79. The molecule has 1 atom stereocenters. The summed E-state index contributed by atoms with van der Waals surface area (Å²) in [5.74, 6) is 0. The number of hydrogen-bond donors (Lipinski definition) is 2. The van der Waals surface area contributed by atoms with Gasteiger partial charge >= 0.3 is 0 Å². The maximum Gasteiger partial charge on any atom is 0.264 e. The third-order valence-electron chi connectivity index (χ3n) is 1.04. The van der Waals surface area contributed by atoms with Crippen LogP contribution in [0.1, 0.15) is 0 Å². The van der Waals surface area contributed by atoms with Gasteiger partial charge < -0.3 is 5.32 Å². The van der Waals surface area contributed by atoms with Crippen molar-refractivity contribution in [3.63, 3.8) is 0 Å². The molecule has 0 fully saturated rings. The topological polar surface area (TPSA) is 36.4 Å². The molecule has 0 spiro atoms. The van der Waals surface area contributed by atoms with Crippen molar-refractivity contribution in [2.75, 3.05) is 7.05 Å². The first-order valence-corrected chi connectivity index (χ1v) is 3.00. The monoisotopic (exact) mass is 145 g/mol. The summed E-state index contributed by atoms with van der Waals surface area (Å²) in [5, 5.41) is 4.78. The van der Waals surface area contributed by atoms with Crippen molar-refractivity contribution < 1.29 is 0 Å². The molecule has 1 unspecified atom stereocenters. The van der Waals surface area contributed by atoms with Crippen LogP contribution in [-0.2, 0) is 0 Å². The second-order valence-electron chi connectivity index (χ2n) is 1.65. The van der Waals surface area contributed by atoms with E-state index in [1.54, 1.807) is 25.5 Å². The molecule has 0 radical (unpaired) electrons. The Labute approximate surface area is 58.8 Å². The van der Waals surface area contributed by atoms with Crippen molar-refractivity contribution in [2.45, 2.75) is 5.25 Å². The van der Waals surface area contributed by atoms with Crippen molar-refractivity contribution in [2.24, 2.45) is 4.99 Å². The molecule has 0 aromatic carbocycles. The first kappa shape index (κ1) is 6.58. The molecule has 0 amide bonds. The molecular formula is C5H8ClN3. The fourth-order valence-electron chi connectivity index (χ4n) is 0.521. The predicted octanol–water partition coefficient (Wildman–Crippen LogP) is 0.244. The number of nitrogens with one attached hydrogen (secondary N) is 2. The van der Waals surface area contributed by atoms with Crippen LogP contribution in [0.25, 0.3) is 0 Å². The highest BCUT2D eigenvalue weighted by atomic mass is 35.5. The maximum absolute atomic E-state index is 5.79. The van der Waals surface area contributed by atoms with E-state index >= 15 is 0 Å². The summed E-state index contributed by atoms with van der Waals surface area (Å²) in [5.41, 5.74) is 0. The number of aliphatic imine (C=N–C) groups is 1. The fourth-order valence-corrected chi connectivity index (χ4v) is 0.641. The minimum atomic E-state index is -0.825. The van der Waals surface area contributed by atoms with Crippen molar-refractivity contribution in [3.8, 4) is 0 Å². The second kappa shape index (κ2) is 2.37. The summed E-state index contributed by atoms with van der Waals surface area (Å²) in [6, 6.07) is 0. The van der Waals surface area contributed by atoms with Gasteiger partial charge in [0.15, 0.2) is 0 Å². The van der Waals surface area contributed by atoms with E-state index in [0.29, 0.717) is 0 Å². The minimum absolute atomic E-state index is 0.825. The summed E-state index contributed by atoms with van der Waals surface area (Å²) >= 11 is 5.79. The molecule has 3 nitrogen and oxygen atoms in total. The summed E-state index contributed by atoms with van der Waals surface area (Å²) in [4.78, 5) is 3.91. The normalized spacial score (nSPS) is 32.2. The van der Waals surface area contributed by atoms with Crippen LogP contribution in [0.4, 0.5) is 0 Å². The molecule has 4 heteroatoms. The second-order valence-corrected chi connectivity index (χ2v) is 2.20. The largest absolute Gasteiger partial charge is 0.342 e. The summed E-state index contributed by atoms with van der Waals surface area (Å²) in [6.07, 6.45) is 5.15. The highest BCUT2D eigenvalue weighted by Crippen LogP contribution is 2.08. The summed E-state index contributed by atoms with van der Waals surface area (Å²) in [7, 11) is 1.73. The van der Waals surface area contributed by atoms with E-state index in [2.05, 4.69) is 15.6 Å². The number of allylic oxidation sites excluding steroid dienone is 1. The molecule has 0 aromatic rings. The lowest BCUT2D eigenvalue weighted by Crippen LogP contribution is -2.47. The zero-order valence-corrected chi connectivity index (χ0v) is 5.81. The van der Waals surface area contributed by atoms with Crippen molar-refractivity contribution in [3.05, 3.63) is 12.3 Å². The Morgan fingerprint density at radius 3 is 2.89 bits per heavy atom. The zero-order chi connectivity index (χ0) is 6.74. The van der Waals surface area contributed by atoms with Crippen molar-refractivity contribution in [1.29, 1.82) is 0 Å². The SMILES string of the molecule is CNC1(Cl)N=CC=CN1. The molecule has 1 heterocycles. The molecule has 0 saturated carbocycles. The highest BCUT2D eigenvalue weighted by Gasteiger charge is 2.20. The van der Waals surface area contributed by atoms with Gasteiger partial charge in [0.1, 0.15) is 0 Å². The Morgan fingerprint density at radius 2 is 2.56 bits per heavy atom. The summed E-state index contributed by atoms with van der Waals surface area (Å²) in [6.45, 7) is 0. The smallest absolute Gasteiger partial charge is 0.264 e. The first-order chi connectivity index (χ1) is 4.27. The lowest BCUT2D eigenvalue weighted by Gasteiger charge is -2.23. The van der Waals surface area contributed by atoms with E-state index in [4.69, 9.17) is 11.6 Å². The van der Waals surface area contributed by atoms with E-state index in [9.17, 15) is 0 Å². The third kappa shape index (κ3) is 1.43. The van der Waals surface area contributed by atoms with E-state index in [-0.39, 0.29) is 0 Å². The van der Waals surface area contributed by atoms with Gasteiger partial charge in [0.25, 0.3) is 5.25 Å². The van der Waals surface area contributed by atoms with Gasteiger partial charge in [-0.3, -0.25) is 5.32 Å². The van der Waals surface area contributed by atoms with Crippen LogP contribution in [0, 0.1) is 0 Å². The third-order valence-corrected chi connectivity index (χ3v) is 1.44. The minimum Gasteiger partial charge on any atom is -0.342 e. The molecule has 1 rings (SSSR count). The van der Waals surface area contributed by atoms with E-state index in [0.717, 1.165) is 0 Å². The number of alkyl halides is 1. The molecule has 50 valence electrons. The average Bonchev–Trinajstić information content (AvgIpc) is 1.90. The van der Waals surface area contributed by atoms with Crippen LogP contribution >= 0.6 is 11.6 Å². The van der Waals surface area contributed by atoms with Gasteiger partial charge in [-0.15, -0.1) is 0 Å². The molecule has 9 heavy (non-hydrogen) atoms. The van der Waals surface area contributed by atoms with Gasteiger partial charge in [0, 0.05) is 12.4 Å². The predicted molar refractivity (Wildman–Crippen MR) is 38.4 cm³/mol. The summed E-state index contributed by atoms with van der Waals surface area (Å²) < 4.78 is 0. The van der Waals surface area contributed by atoms with E-state index in [1.165, 1.54) is 0 Å². The van der Waals surface area contributed by atoms with Crippen LogP contribution in [0.15, 0.2) is 17.3 Å². The van der Waals surface area contributed by atoms with Crippen molar-refractivity contribution >= 4 is 17.8 Å². The van der Waals surface area contributed by atoms with Crippen molar-refractivity contribution in [1.82, 2.24) is 10.6 Å². The van der Waals surface area contributed by atoms with Crippen LogP contribution in [-0.4, -0.2) is 18.5 Å². The Balaban J connectivity index is 2.63. The molecular weight excluding hydrogens is 138 g/mol. The lowest BCUT2D eigenvalue weighted by molar-refractivity contribution is 0.468. The molecule has 0 aliphatic carbocycles. The van der Waals surface area contributed by atoms with Gasteiger partial charge in [-0.25, -0.2) is 4.99 Å².